The van der Waals surface area contributed by atoms with Crippen molar-refractivity contribution in [3.63, 3.8) is 0 Å². The van der Waals surface area contributed by atoms with Gasteiger partial charge in [-0.3, -0.25) is 4.79 Å². The van der Waals surface area contributed by atoms with Gasteiger partial charge in [-0.15, -0.1) is 11.8 Å². The molecule has 1 aromatic carbocycles. The number of benzene rings is 1. The fourth-order valence-corrected chi connectivity index (χ4v) is 1.95. The van der Waals surface area contributed by atoms with E-state index in [2.05, 4.69) is 13.8 Å². The molecule has 0 saturated heterocycles. The Balaban J connectivity index is 2.73. The first-order valence-electron chi connectivity index (χ1n) is 4.63. The summed E-state index contributed by atoms with van der Waals surface area (Å²) in [6.45, 7) is 4.36. The Morgan fingerprint density at radius 3 is 2.36 bits per heavy atom. The van der Waals surface area contributed by atoms with Crippen molar-refractivity contribution >= 4 is 17.5 Å². The van der Waals surface area contributed by atoms with Gasteiger partial charge in [-0.05, 0) is 12.1 Å². The third-order valence-electron chi connectivity index (χ3n) is 1.73. The van der Waals surface area contributed by atoms with Gasteiger partial charge < -0.3 is 5.73 Å². The molecule has 76 valence electrons. The van der Waals surface area contributed by atoms with Crippen LogP contribution in [0.1, 0.15) is 24.2 Å². The molecule has 0 radical (unpaired) electrons. The molecule has 0 unspecified atom stereocenters. The standard InChI is InChI=1S/C11H15NOS/c1-8(2)14-10-5-3-9(4-6-10)11(13)7-12/h3-6,8H,7,12H2,1-2H3. The van der Waals surface area contributed by atoms with Crippen LogP contribution in [0.3, 0.4) is 0 Å². The van der Waals surface area contributed by atoms with Crippen LogP contribution in [-0.4, -0.2) is 17.6 Å². The Morgan fingerprint density at radius 1 is 1.36 bits per heavy atom. The highest BCUT2D eigenvalue weighted by Gasteiger charge is 2.03. The van der Waals surface area contributed by atoms with Crippen molar-refractivity contribution in [2.45, 2.75) is 24.0 Å². The number of ketones is 1. The van der Waals surface area contributed by atoms with Crippen LogP contribution in [0.15, 0.2) is 29.2 Å². The Labute approximate surface area is 88.9 Å². The summed E-state index contributed by atoms with van der Waals surface area (Å²) in [5.74, 6) is -0.00824. The van der Waals surface area contributed by atoms with Crippen LogP contribution < -0.4 is 5.73 Å². The van der Waals surface area contributed by atoms with E-state index in [4.69, 9.17) is 5.73 Å². The van der Waals surface area contributed by atoms with Gasteiger partial charge in [0.1, 0.15) is 0 Å². The lowest BCUT2D eigenvalue weighted by Gasteiger charge is -2.05. The average Bonchev–Trinajstić information content (AvgIpc) is 2.17. The molecule has 0 spiro atoms. The molecule has 0 fully saturated rings. The van der Waals surface area contributed by atoms with Gasteiger partial charge in [-0.1, -0.05) is 26.0 Å². The summed E-state index contributed by atoms with van der Waals surface area (Å²) in [5, 5.41) is 0.561. The molecule has 3 heteroatoms. The summed E-state index contributed by atoms with van der Waals surface area (Å²) in [6, 6.07) is 7.60. The Hall–Kier alpha value is -0.800. The fourth-order valence-electron chi connectivity index (χ4n) is 1.11. The maximum atomic E-state index is 11.2. The van der Waals surface area contributed by atoms with Gasteiger partial charge >= 0.3 is 0 Å². The smallest absolute Gasteiger partial charge is 0.176 e. The first-order chi connectivity index (χ1) is 6.63. The molecular weight excluding hydrogens is 194 g/mol. The Kier molecular flexibility index (Phi) is 4.17. The van der Waals surface area contributed by atoms with Gasteiger partial charge in [0, 0.05) is 15.7 Å². The normalized spacial score (nSPS) is 10.6. The summed E-state index contributed by atoms with van der Waals surface area (Å²) in [6.07, 6.45) is 0. The summed E-state index contributed by atoms with van der Waals surface area (Å²) < 4.78 is 0. The van der Waals surface area contributed by atoms with Gasteiger partial charge in [0.15, 0.2) is 5.78 Å². The zero-order valence-corrected chi connectivity index (χ0v) is 9.30. The summed E-state index contributed by atoms with van der Waals surface area (Å²) >= 11 is 1.78. The summed E-state index contributed by atoms with van der Waals surface area (Å²) in [4.78, 5) is 12.4. The molecule has 0 aliphatic carbocycles. The maximum absolute atomic E-state index is 11.2. The van der Waals surface area contributed by atoms with Crippen LogP contribution >= 0.6 is 11.8 Å². The highest BCUT2D eigenvalue weighted by molar-refractivity contribution is 7.99. The maximum Gasteiger partial charge on any atom is 0.176 e. The van der Waals surface area contributed by atoms with Crippen molar-refractivity contribution in [1.82, 2.24) is 0 Å². The van der Waals surface area contributed by atoms with Crippen LogP contribution in [-0.2, 0) is 0 Å². The number of nitrogens with two attached hydrogens (primary N) is 1. The number of carbonyl (C=O) groups is 1. The molecule has 2 N–H and O–H groups in total. The molecule has 0 atom stereocenters. The molecular formula is C11H15NOS. The lowest BCUT2D eigenvalue weighted by atomic mass is 10.1. The molecule has 0 aliphatic heterocycles. The van der Waals surface area contributed by atoms with Crippen molar-refractivity contribution < 1.29 is 4.79 Å². The number of rotatable bonds is 4. The molecule has 0 heterocycles. The van der Waals surface area contributed by atoms with Gasteiger partial charge in [0.25, 0.3) is 0 Å². The minimum Gasteiger partial charge on any atom is -0.324 e. The Bertz CT molecular complexity index is 306. The average molecular weight is 209 g/mol. The SMILES string of the molecule is CC(C)Sc1ccc(C(=O)CN)cc1. The van der Waals surface area contributed by atoms with Crippen molar-refractivity contribution in [3.8, 4) is 0 Å². The van der Waals surface area contributed by atoms with E-state index in [1.165, 1.54) is 4.90 Å². The number of thioether (sulfide) groups is 1. The largest absolute Gasteiger partial charge is 0.324 e. The van der Waals surface area contributed by atoms with Crippen LogP contribution in [0.5, 0.6) is 0 Å². The zero-order valence-electron chi connectivity index (χ0n) is 8.49. The highest BCUT2D eigenvalue weighted by Crippen LogP contribution is 2.22. The van der Waals surface area contributed by atoms with Gasteiger partial charge in [0.2, 0.25) is 0 Å². The van der Waals surface area contributed by atoms with Crippen LogP contribution in [0.4, 0.5) is 0 Å². The molecule has 0 aliphatic rings. The molecule has 0 amide bonds. The van der Waals surface area contributed by atoms with Crippen molar-refractivity contribution in [1.29, 1.82) is 0 Å². The monoisotopic (exact) mass is 209 g/mol. The molecule has 0 saturated carbocycles. The van der Waals surface area contributed by atoms with E-state index in [1.54, 1.807) is 11.8 Å². The highest BCUT2D eigenvalue weighted by atomic mass is 32.2. The first kappa shape index (κ1) is 11.3. The predicted octanol–water partition coefficient (Wildman–Crippen LogP) is 2.33. The van der Waals surface area contributed by atoms with Crippen molar-refractivity contribution in [3.05, 3.63) is 29.8 Å². The van der Waals surface area contributed by atoms with Crippen LogP contribution in [0.25, 0.3) is 0 Å². The third kappa shape index (κ3) is 3.16. The number of hydrogen-bond donors (Lipinski definition) is 1. The van der Waals surface area contributed by atoms with Crippen LogP contribution in [0, 0.1) is 0 Å². The zero-order chi connectivity index (χ0) is 10.6. The lowest BCUT2D eigenvalue weighted by molar-refractivity contribution is 0.100. The van der Waals surface area contributed by atoms with Crippen molar-refractivity contribution in [2.75, 3.05) is 6.54 Å². The van der Waals surface area contributed by atoms with E-state index >= 15 is 0 Å². The number of Topliss-reactive ketones (excluding diaryl/α,β-unsaturated/α-hetero) is 1. The molecule has 1 rings (SSSR count). The van der Waals surface area contributed by atoms with Gasteiger partial charge in [0.05, 0.1) is 6.54 Å². The number of hydrogen-bond acceptors (Lipinski definition) is 3. The molecule has 0 aromatic heterocycles. The predicted molar refractivity (Wildman–Crippen MR) is 60.8 cm³/mol. The molecule has 0 bridgehead atoms. The van der Waals surface area contributed by atoms with Gasteiger partial charge in [-0.25, -0.2) is 0 Å². The summed E-state index contributed by atoms with van der Waals surface area (Å²) in [7, 11) is 0. The quantitative estimate of drug-likeness (QED) is 0.611. The lowest BCUT2D eigenvalue weighted by Crippen LogP contribution is -2.13. The number of carbonyl (C=O) groups excluding carboxylic acids is 1. The second kappa shape index (κ2) is 5.17. The third-order valence-corrected chi connectivity index (χ3v) is 2.75. The van der Waals surface area contributed by atoms with E-state index in [9.17, 15) is 4.79 Å². The Morgan fingerprint density at radius 2 is 1.93 bits per heavy atom. The van der Waals surface area contributed by atoms with Crippen LogP contribution in [0.2, 0.25) is 0 Å². The minimum absolute atomic E-state index is 0.00824. The first-order valence-corrected chi connectivity index (χ1v) is 5.51. The fraction of sp³-hybridized carbons (Fsp3) is 0.364. The van der Waals surface area contributed by atoms with E-state index in [0.29, 0.717) is 10.8 Å². The second-order valence-corrected chi connectivity index (χ2v) is 4.97. The van der Waals surface area contributed by atoms with E-state index in [0.717, 1.165) is 0 Å². The minimum atomic E-state index is -0.00824. The van der Waals surface area contributed by atoms with E-state index < -0.39 is 0 Å². The van der Waals surface area contributed by atoms with E-state index in [1.807, 2.05) is 24.3 Å². The van der Waals surface area contributed by atoms with Crippen molar-refractivity contribution in [2.24, 2.45) is 5.73 Å². The van der Waals surface area contributed by atoms with Gasteiger partial charge in [-0.2, -0.15) is 0 Å². The van der Waals surface area contributed by atoms with E-state index in [-0.39, 0.29) is 12.3 Å². The second-order valence-electron chi connectivity index (χ2n) is 3.32. The summed E-state index contributed by atoms with van der Waals surface area (Å²) in [5.41, 5.74) is 5.96. The molecule has 2 nitrogen and oxygen atoms in total. The molecule has 14 heavy (non-hydrogen) atoms. The topological polar surface area (TPSA) is 43.1 Å². The molecule has 1 aromatic rings.